The molecule has 3 N–H and O–H groups in total. The van der Waals surface area contributed by atoms with Gasteiger partial charge in [-0.1, -0.05) is 6.42 Å². The van der Waals surface area contributed by atoms with E-state index < -0.39 is 11.7 Å². The molecule has 0 spiro atoms. The number of hydrogen-bond donors (Lipinski definition) is 2. The van der Waals surface area contributed by atoms with Crippen molar-refractivity contribution in [3.05, 3.63) is 17.7 Å². The molecule has 19 heavy (non-hydrogen) atoms. The van der Waals surface area contributed by atoms with Gasteiger partial charge in [-0.25, -0.2) is 4.98 Å². The third kappa shape index (κ3) is 3.46. The molecule has 0 amide bonds. The fourth-order valence-electron chi connectivity index (χ4n) is 2.35. The van der Waals surface area contributed by atoms with Crippen molar-refractivity contribution < 1.29 is 13.2 Å². The second-order valence-corrected chi connectivity index (χ2v) is 5.70. The highest BCUT2D eigenvalue weighted by Gasteiger charge is 2.32. The molecule has 3 nitrogen and oxygen atoms in total. The molecule has 2 atom stereocenters. The first-order valence-electron chi connectivity index (χ1n) is 6.04. The second-order valence-electron chi connectivity index (χ2n) is 4.62. The topological polar surface area (TPSA) is 50.9 Å². The Morgan fingerprint density at radius 3 is 2.74 bits per heavy atom. The van der Waals surface area contributed by atoms with E-state index in [1.807, 2.05) is 6.26 Å². The molecule has 0 saturated heterocycles. The van der Waals surface area contributed by atoms with Gasteiger partial charge in [-0.2, -0.15) is 24.9 Å². The first-order valence-corrected chi connectivity index (χ1v) is 7.33. The second kappa shape index (κ2) is 5.48. The number of rotatable bonds is 3. The zero-order valence-electron chi connectivity index (χ0n) is 10.5. The molecular formula is C12H16F3N3S. The highest BCUT2D eigenvalue weighted by atomic mass is 32.2. The number of nitrogen functional groups attached to an aromatic ring is 1. The lowest BCUT2D eigenvalue weighted by atomic mass is 10.2. The molecule has 106 valence electrons. The van der Waals surface area contributed by atoms with Gasteiger partial charge in [0.1, 0.15) is 11.6 Å². The summed E-state index contributed by atoms with van der Waals surface area (Å²) in [6.07, 6.45) is 0.717. The molecule has 0 radical (unpaired) electrons. The van der Waals surface area contributed by atoms with E-state index >= 15 is 0 Å². The van der Waals surface area contributed by atoms with Gasteiger partial charge in [-0.3, -0.25) is 0 Å². The number of nitrogens with one attached hydrogen (secondary N) is 1. The number of aromatic nitrogens is 1. The van der Waals surface area contributed by atoms with Crippen LogP contribution in [0.25, 0.3) is 0 Å². The molecule has 2 unspecified atom stereocenters. The summed E-state index contributed by atoms with van der Waals surface area (Å²) in [6.45, 7) is 0. The number of hydrogen-bond acceptors (Lipinski definition) is 4. The molecular weight excluding hydrogens is 275 g/mol. The standard InChI is InChI=1S/C12H16F3N3S/c1-19-9-4-2-3-8(9)17-11-6-7(12(13,14)15)5-10(16)18-11/h5-6,8-9H,2-4H2,1H3,(H3,16,17,18). The van der Waals surface area contributed by atoms with Gasteiger partial charge in [0.25, 0.3) is 0 Å². The quantitative estimate of drug-likeness (QED) is 0.896. The third-order valence-electron chi connectivity index (χ3n) is 3.26. The smallest absolute Gasteiger partial charge is 0.384 e. The van der Waals surface area contributed by atoms with Crippen LogP contribution in [-0.4, -0.2) is 22.5 Å². The summed E-state index contributed by atoms with van der Waals surface area (Å²) in [5, 5.41) is 3.50. The van der Waals surface area contributed by atoms with Crippen LogP contribution in [0.3, 0.4) is 0 Å². The summed E-state index contributed by atoms with van der Waals surface area (Å²) < 4.78 is 38.1. The van der Waals surface area contributed by atoms with Gasteiger partial charge in [0.15, 0.2) is 0 Å². The van der Waals surface area contributed by atoms with Crippen LogP contribution in [0, 0.1) is 0 Å². The van der Waals surface area contributed by atoms with Crippen molar-refractivity contribution in [3.63, 3.8) is 0 Å². The highest BCUT2D eigenvalue weighted by Crippen LogP contribution is 2.34. The molecule has 2 rings (SSSR count). The van der Waals surface area contributed by atoms with Crippen molar-refractivity contribution in [2.45, 2.75) is 36.7 Å². The van der Waals surface area contributed by atoms with Crippen LogP contribution in [0.15, 0.2) is 12.1 Å². The van der Waals surface area contributed by atoms with Gasteiger partial charge in [-0.15, -0.1) is 0 Å². The van der Waals surface area contributed by atoms with E-state index in [0.29, 0.717) is 5.25 Å². The number of thioether (sulfide) groups is 1. The molecule has 0 aromatic carbocycles. The maximum absolute atomic E-state index is 12.7. The van der Waals surface area contributed by atoms with E-state index in [1.165, 1.54) is 0 Å². The van der Waals surface area contributed by atoms with E-state index in [-0.39, 0.29) is 17.7 Å². The lowest BCUT2D eigenvalue weighted by molar-refractivity contribution is -0.137. The maximum Gasteiger partial charge on any atom is 0.416 e. The fraction of sp³-hybridized carbons (Fsp3) is 0.583. The normalized spacial score (nSPS) is 23.6. The number of nitrogens with two attached hydrogens (primary N) is 1. The average molecular weight is 291 g/mol. The Morgan fingerprint density at radius 2 is 2.11 bits per heavy atom. The van der Waals surface area contributed by atoms with Gasteiger partial charge < -0.3 is 11.1 Å². The average Bonchev–Trinajstić information content (AvgIpc) is 2.74. The first-order chi connectivity index (χ1) is 8.90. The summed E-state index contributed by atoms with van der Waals surface area (Å²) in [7, 11) is 0. The largest absolute Gasteiger partial charge is 0.416 e. The highest BCUT2D eigenvalue weighted by molar-refractivity contribution is 7.99. The SMILES string of the molecule is CSC1CCCC1Nc1cc(C(F)(F)F)cc(N)n1. The molecule has 0 bridgehead atoms. The summed E-state index contributed by atoms with van der Waals surface area (Å²) in [5.41, 5.74) is 4.68. The van der Waals surface area contributed by atoms with E-state index in [2.05, 4.69) is 10.3 Å². The molecule has 1 heterocycles. The minimum atomic E-state index is -4.40. The van der Waals surface area contributed by atoms with Crippen molar-refractivity contribution in [3.8, 4) is 0 Å². The van der Waals surface area contributed by atoms with Crippen molar-refractivity contribution in [1.82, 2.24) is 4.98 Å². The zero-order valence-corrected chi connectivity index (χ0v) is 11.3. The van der Waals surface area contributed by atoms with Gasteiger partial charge in [0.2, 0.25) is 0 Å². The fourth-order valence-corrected chi connectivity index (χ4v) is 3.29. The van der Waals surface area contributed by atoms with E-state index in [4.69, 9.17) is 5.73 Å². The lowest BCUT2D eigenvalue weighted by Gasteiger charge is -2.20. The van der Waals surface area contributed by atoms with Gasteiger partial charge in [-0.05, 0) is 31.2 Å². The third-order valence-corrected chi connectivity index (χ3v) is 4.43. The molecule has 7 heteroatoms. The lowest BCUT2D eigenvalue weighted by Crippen LogP contribution is -2.26. The summed E-state index contributed by atoms with van der Waals surface area (Å²) >= 11 is 1.73. The van der Waals surface area contributed by atoms with Crippen LogP contribution in [-0.2, 0) is 6.18 Å². The van der Waals surface area contributed by atoms with E-state index in [9.17, 15) is 13.2 Å². The van der Waals surface area contributed by atoms with Crippen LogP contribution < -0.4 is 11.1 Å². The number of halogens is 3. The van der Waals surface area contributed by atoms with Gasteiger partial charge in [0.05, 0.1) is 5.56 Å². The summed E-state index contributed by atoms with van der Waals surface area (Å²) in [5.74, 6) is 0.0919. The van der Waals surface area contributed by atoms with Crippen molar-refractivity contribution in [2.75, 3.05) is 17.3 Å². The predicted molar refractivity (Wildman–Crippen MR) is 72.2 cm³/mol. The number of nitrogens with zero attached hydrogens (tertiary/aromatic N) is 1. The Kier molecular flexibility index (Phi) is 4.13. The number of alkyl halides is 3. The van der Waals surface area contributed by atoms with Crippen LogP contribution >= 0.6 is 11.8 Å². The Balaban J connectivity index is 2.18. The Labute approximate surface area is 114 Å². The number of anilines is 2. The van der Waals surface area contributed by atoms with Crippen LogP contribution in [0.5, 0.6) is 0 Å². The molecule has 1 saturated carbocycles. The Hall–Kier alpha value is -1.11. The van der Waals surface area contributed by atoms with Gasteiger partial charge >= 0.3 is 6.18 Å². The minimum absolute atomic E-state index is 0.115. The molecule has 1 fully saturated rings. The molecule has 1 aromatic rings. The monoisotopic (exact) mass is 291 g/mol. The summed E-state index contributed by atoms with van der Waals surface area (Å²) in [4.78, 5) is 3.94. The Morgan fingerprint density at radius 1 is 1.37 bits per heavy atom. The van der Waals surface area contributed by atoms with Crippen molar-refractivity contribution in [1.29, 1.82) is 0 Å². The summed E-state index contributed by atoms with van der Waals surface area (Å²) in [6, 6.07) is 2.03. The first kappa shape index (κ1) is 14.3. The van der Waals surface area contributed by atoms with Crippen molar-refractivity contribution >= 4 is 23.4 Å². The minimum Gasteiger partial charge on any atom is -0.384 e. The molecule has 1 aliphatic carbocycles. The molecule has 1 aromatic heterocycles. The van der Waals surface area contributed by atoms with Crippen LogP contribution in [0.4, 0.5) is 24.8 Å². The molecule has 0 aliphatic heterocycles. The van der Waals surface area contributed by atoms with Crippen molar-refractivity contribution in [2.24, 2.45) is 0 Å². The van der Waals surface area contributed by atoms with E-state index in [0.717, 1.165) is 31.4 Å². The number of pyridine rings is 1. The molecule has 1 aliphatic rings. The Bertz CT molecular complexity index is 450. The van der Waals surface area contributed by atoms with Crippen LogP contribution in [0.2, 0.25) is 0 Å². The van der Waals surface area contributed by atoms with Gasteiger partial charge in [0, 0.05) is 11.3 Å². The van der Waals surface area contributed by atoms with Crippen LogP contribution in [0.1, 0.15) is 24.8 Å². The maximum atomic E-state index is 12.7. The van der Waals surface area contributed by atoms with E-state index in [1.54, 1.807) is 11.8 Å². The predicted octanol–water partition coefficient (Wildman–Crippen LogP) is 3.38. The zero-order chi connectivity index (χ0) is 14.0.